The van der Waals surface area contributed by atoms with Crippen molar-refractivity contribution in [1.29, 1.82) is 0 Å². The van der Waals surface area contributed by atoms with Gasteiger partial charge in [0.25, 0.3) is 0 Å². The van der Waals surface area contributed by atoms with Gasteiger partial charge in [0, 0.05) is 6.08 Å². The number of ether oxygens (including phenoxy) is 1. The maximum atomic E-state index is 10.8. The molecule has 0 saturated carbocycles. The zero-order chi connectivity index (χ0) is 12.9. The third-order valence-electron chi connectivity index (χ3n) is 2.28. The van der Waals surface area contributed by atoms with Crippen LogP contribution in [0.15, 0.2) is 36.0 Å². The zero-order valence-electron chi connectivity index (χ0n) is 10.7. The first-order valence-electron chi connectivity index (χ1n) is 5.95. The molecule has 96 valence electrons. The Balaban J connectivity index is 3.80. The number of aliphatic hydroxyl groups excluding tert-OH is 1. The molecular formula is C14H22O3. The number of hydrogen-bond donors (Lipinski definition) is 1. The molecule has 0 bridgehead atoms. The molecule has 1 N–H and O–H groups in total. The van der Waals surface area contributed by atoms with Crippen molar-refractivity contribution in [3.05, 3.63) is 36.0 Å². The van der Waals surface area contributed by atoms with Gasteiger partial charge in [0.05, 0.1) is 13.7 Å². The van der Waals surface area contributed by atoms with E-state index in [-0.39, 0.29) is 12.6 Å². The van der Waals surface area contributed by atoms with Gasteiger partial charge in [-0.05, 0) is 25.7 Å². The average Bonchev–Trinajstić information content (AvgIpc) is 2.36. The molecule has 0 aliphatic carbocycles. The predicted molar refractivity (Wildman–Crippen MR) is 69.6 cm³/mol. The monoisotopic (exact) mass is 238 g/mol. The number of allylic oxidation sites excluding steroid dienone is 4. The van der Waals surface area contributed by atoms with Crippen LogP contribution in [0.5, 0.6) is 0 Å². The minimum absolute atomic E-state index is 0.0825. The summed E-state index contributed by atoms with van der Waals surface area (Å²) in [6, 6.07) is 0. The van der Waals surface area contributed by atoms with Crippen LogP contribution in [-0.2, 0) is 9.53 Å². The summed E-state index contributed by atoms with van der Waals surface area (Å²) in [5, 5.41) is 8.66. The van der Waals surface area contributed by atoms with Crippen LogP contribution in [0.2, 0.25) is 0 Å². The van der Waals surface area contributed by atoms with Crippen LogP contribution in [-0.4, -0.2) is 24.8 Å². The summed E-state index contributed by atoms with van der Waals surface area (Å²) in [4.78, 5) is 10.8. The normalized spacial score (nSPS) is 12.5. The van der Waals surface area contributed by atoms with Gasteiger partial charge in [0.15, 0.2) is 0 Å². The second-order valence-electron chi connectivity index (χ2n) is 3.57. The summed E-state index contributed by atoms with van der Waals surface area (Å²) in [7, 11) is 1.37. The van der Waals surface area contributed by atoms with Gasteiger partial charge in [-0.3, -0.25) is 0 Å². The Labute approximate surface area is 103 Å². The lowest BCUT2D eigenvalue weighted by molar-refractivity contribution is -0.134. The molecule has 0 spiro atoms. The number of rotatable bonds is 8. The third-order valence-corrected chi connectivity index (χ3v) is 2.28. The largest absolute Gasteiger partial charge is 0.466 e. The fraction of sp³-hybridized carbons (Fsp3) is 0.500. The molecule has 3 heteroatoms. The maximum absolute atomic E-state index is 10.8. The van der Waals surface area contributed by atoms with Crippen LogP contribution < -0.4 is 0 Å². The second kappa shape index (κ2) is 11.1. The highest BCUT2D eigenvalue weighted by Gasteiger charge is 1.90. The van der Waals surface area contributed by atoms with E-state index >= 15 is 0 Å². The van der Waals surface area contributed by atoms with Crippen LogP contribution in [0.3, 0.4) is 0 Å². The highest BCUT2D eigenvalue weighted by Crippen LogP contribution is 2.07. The Bertz CT molecular complexity index is 288. The third kappa shape index (κ3) is 9.57. The van der Waals surface area contributed by atoms with Crippen molar-refractivity contribution in [3.8, 4) is 0 Å². The standard InChI is InChI=1S/C14H22O3/c1-3-13(10-8-12-15)9-6-4-5-7-11-14(16)17-2/h7-11,15H,3-6,12H2,1-2H3/b10-8+,11-7+,13-9+. The SMILES string of the molecule is CCC(/C=C/CO)=C\CCC/C=C/C(=O)OC. The van der Waals surface area contributed by atoms with Crippen LogP contribution in [0, 0.1) is 0 Å². The average molecular weight is 238 g/mol. The molecule has 0 aromatic heterocycles. The van der Waals surface area contributed by atoms with E-state index < -0.39 is 0 Å². The molecule has 0 aliphatic rings. The quantitative estimate of drug-likeness (QED) is 0.306. The van der Waals surface area contributed by atoms with Crippen molar-refractivity contribution < 1.29 is 14.6 Å². The van der Waals surface area contributed by atoms with Gasteiger partial charge < -0.3 is 9.84 Å². The number of hydrogen-bond acceptors (Lipinski definition) is 3. The summed E-state index contributed by atoms with van der Waals surface area (Å²) in [5.41, 5.74) is 1.23. The molecule has 0 atom stereocenters. The molecule has 0 saturated heterocycles. The molecule has 0 radical (unpaired) electrons. The lowest BCUT2D eigenvalue weighted by atomic mass is 10.1. The summed E-state index contributed by atoms with van der Waals surface area (Å²) < 4.78 is 4.49. The smallest absolute Gasteiger partial charge is 0.330 e. The summed E-state index contributed by atoms with van der Waals surface area (Å²) >= 11 is 0. The number of carbonyl (C=O) groups excluding carboxylic acids is 1. The Morgan fingerprint density at radius 2 is 2.00 bits per heavy atom. The second-order valence-corrected chi connectivity index (χ2v) is 3.57. The molecule has 0 unspecified atom stereocenters. The van der Waals surface area contributed by atoms with Gasteiger partial charge in [-0.2, -0.15) is 0 Å². The Kier molecular flexibility index (Phi) is 10.3. The first-order chi connectivity index (χ1) is 8.24. The lowest BCUT2D eigenvalue weighted by Crippen LogP contribution is -1.93. The predicted octanol–water partition coefficient (Wildman–Crippen LogP) is 2.77. The van der Waals surface area contributed by atoms with E-state index in [9.17, 15) is 4.79 Å². The topological polar surface area (TPSA) is 46.5 Å². The van der Waals surface area contributed by atoms with Crippen LogP contribution >= 0.6 is 0 Å². The molecule has 17 heavy (non-hydrogen) atoms. The highest BCUT2D eigenvalue weighted by molar-refractivity contribution is 5.81. The molecule has 0 aliphatic heterocycles. The van der Waals surface area contributed by atoms with E-state index in [0.717, 1.165) is 25.7 Å². The molecular weight excluding hydrogens is 216 g/mol. The van der Waals surface area contributed by atoms with E-state index in [1.54, 1.807) is 6.08 Å². The Hall–Kier alpha value is -1.35. The number of methoxy groups -OCH3 is 1. The first kappa shape index (κ1) is 15.7. The highest BCUT2D eigenvalue weighted by atomic mass is 16.5. The number of unbranched alkanes of at least 4 members (excludes halogenated alkanes) is 2. The minimum Gasteiger partial charge on any atom is -0.466 e. The molecule has 0 fully saturated rings. The van der Waals surface area contributed by atoms with Gasteiger partial charge in [-0.15, -0.1) is 0 Å². The van der Waals surface area contributed by atoms with Gasteiger partial charge in [-0.25, -0.2) is 4.79 Å². The van der Waals surface area contributed by atoms with Crippen molar-refractivity contribution >= 4 is 5.97 Å². The first-order valence-corrected chi connectivity index (χ1v) is 5.95. The zero-order valence-corrected chi connectivity index (χ0v) is 10.7. The van der Waals surface area contributed by atoms with Gasteiger partial charge in [0.2, 0.25) is 0 Å². The summed E-state index contributed by atoms with van der Waals surface area (Å²) in [6.07, 6.45) is 13.0. The fourth-order valence-corrected chi connectivity index (χ4v) is 1.31. The van der Waals surface area contributed by atoms with Crippen molar-refractivity contribution in [3.63, 3.8) is 0 Å². The number of carbonyl (C=O) groups is 1. The maximum Gasteiger partial charge on any atom is 0.330 e. The van der Waals surface area contributed by atoms with E-state index in [2.05, 4.69) is 17.7 Å². The van der Waals surface area contributed by atoms with Crippen LogP contribution in [0.25, 0.3) is 0 Å². The summed E-state index contributed by atoms with van der Waals surface area (Å²) in [5.74, 6) is -0.305. The molecule has 0 rings (SSSR count). The van der Waals surface area contributed by atoms with E-state index in [4.69, 9.17) is 5.11 Å². The van der Waals surface area contributed by atoms with Crippen molar-refractivity contribution in [2.45, 2.75) is 32.6 Å². The molecule has 0 aromatic rings. The lowest BCUT2D eigenvalue weighted by Gasteiger charge is -1.97. The molecule has 3 nitrogen and oxygen atoms in total. The Morgan fingerprint density at radius 3 is 2.59 bits per heavy atom. The summed E-state index contributed by atoms with van der Waals surface area (Å²) in [6.45, 7) is 2.17. The van der Waals surface area contributed by atoms with Crippen LogP contribution in [0.4, 0.5) is 0 Å². The van der Waals surface area contributed by atoms with E-state index in [1.807, 2.05) is 12.2 Å². The van der Waals surface area contributed by atoms with Gasteiger partial charge >= 0.3 is 5.97 Å². The molecule has 0 amide bonds. The number of aliphatic hydroxyl groups is 1. The van der Waals surface area contributed by atoms with Crippen molar-refractivity contribution in [2.24, 2.45) is 0 Å². The van der Waals surface area contributed by atoms with E-state index in [1.165, 1.54) is 18.8 Å². The Morgan fingerprint density at radius 1 is 1.24 bits per heavy atom. The van der Waals surface area contributed by atoms with E-state index in [0.29, 0.717) is 0 Å². The van der Waals surface area contributed by atoms with Gasteiger partial charge in [0.1, 0.15) is 0 Å². The number of esters is 1. The van der Waals surface area contributed by atoms with Crippen molar-refractivity contribution in [1.82, 2.24) is 0 Å². The minimum atomic E-state index is -0.305. The molecule has 0 heterocycles. The van der Waals surface area contributed by atoms with Gasteiger partial charge in [-0.1, -0.05) is 36.8 Å². The van der Waals surface area contributed by atoms with Crippen molar-refractivity contribution in [2.75, 3.05) is 13.7 Å². The van der Waals surface area contributed by atoms with Crippen LogP contribution in [0.1, 0.15) is 32.6 Å². The fourth-order valence-electron chi connectivity index (χ4n) is 1.31. The molecule has 0 aromatic carbocycles.